The highest BCUT2D eigenvalue weighted by molar-refractivity contribution is 5.59. The molecule has 2 rings (SSSR count). The van der Waals surface area contributed by atoms with Crippen molar-refractivity contribution in [2.24, 2.45) is 0 Å². The van der Waals surface area contributed by atoms with E-state index in [9.17, 15) is 4.39 Å². The highest BCUT2D eigenvalue weighted by Crippen LogP contribution is 2.31. The summed E-state index contributed by atoms with van der Waals surface area (Å²) >= 11 is 0. The number of nitrogens with one attached hydrogen (secondary N) is 1. The first-order valence-electron chi connectivity index (χ1n) is 4.49. The van der Waals surface area contributed by atoms with Crippen LogP contribution in [-0.4, -0.2) is 12.6 Å². The van der Waals surface area contributed by atoms with Gasteiger partial charge in [-0.15, -0.1) is 0 Å². The Kier molecular flexibility index (Phi) is 2.08. The molecule has 0 bridgehead atoms. The minimum atomic E-state index is -0.240. The number of halogens is 1. The zero-order valence-electron chi connectivity index (χ0n) is 7.51. The number of hydrogen-bond acceptors (Lipinski definition) is 2. The molecule has 70 valence electrons. The monoisotopic (exact) mass is 181 g/mol. The van der Waals surface area contributed by atoms with E-state index in [0.717, 1.165) is 6.42 Å². The maximum atomic E-state index is 13.2. The van der Waals surface area contributed by atoms with E-state index < -0.39 is 0 Å². The largest absolute Gasteiger partial charge is 0.489 e. The highest BCUT2D eigenvalue weighted by Gasteiger charge is 2.19. The molecule has 0 aliphatic carbocycles. The van der Waals surface area contributed by atoms with Gasteiger partial charge >= 0.3 is 0 Å². The Morgan fingerprint density at radius 1 is 1.62 bits per heavy atom. The summed E-state index contributed by atoms with van der Waals surface area (Å²) in [5.41, 5.74) is 0.501. The van der Waals surface area contributed by atoms with Crippen molar-refractivity contribution >= 4 is 5.69 Å². The molecule has 3 heteroatoms. The van der Waals surface area contributed by atoms with Crippen molar-refractivity contribution in [3.63, 3.8) is 0 Å². The first kappa shape index (κ1) is 8.35. The molecule has 0 saturated carbocycles. The molecule has 1 atom stereocenters. The van der Waals surface area contributed by atoms with Crippen LogP contribution in [0.1, 0.15) is 13.3 Å². The van der Waals surface area contributed by atoms with E-state index in [4.69, 9.17) is 4.74 Å². The standard InChI is InChI=1S/C10H12FNO/c1-2-7-6-13-9-5-3-4-8(11)10(9)12-7/h3-5,7,12H,2,6H2,1H3. The van der Waals surface area contributed by atoms with Crippen molar-refractivity contribution in [3.8, 4) is 5.75 Å². The van der Waals surface area contributed by atoms with E-state index in [1.807, 2.05) is 6.92 Å². The number of benzene rings is 1. The molecule has 0 amide bonds. The van der Waals surface area contributed by atoms with Crippen molar-refractivity contribution < 1.29 is 9.13 Å². The van der Waals surface area contributed by atoms with Crippen LogP contribution in [0.3, 0.4) is 0 Å². The van der Waals surface area contributed by atoms with Gasteiger partial charge in [0.15, 0.2) is 0 Å². The van der Waals surface area contributed by atoms with Crippen LogP contribution in [0, 0.1) is 5.82 Å². The topological polar surface area (TPSA) is 21.3 Å². The molecular weight excluding hydrogens is 169 g/mol. The molecule has 0 fully saturated rings. The molecule has 1 N–H and O–H groups in total. The summed E-state index contributed by atoms with van der Waals surface area (Å²) in [7, 11) is 0. The summed E-state index contributed by atoms with van der Waals surface area (Å²) in [5, 5.41) is 3.11. The third-order valence-electron chi connectivity index (χ3n) is 2.26. The number of ether oxygens (including phenoxy) is 1. The fraction of sp³-hybridized carbons (Fsp3) is 0.400. The molecule has 1 aliphatic rings. The lowest BCUT2D eigenvalue weighted by atomic mass is 10.1. The summed E-state index contributed by atoms with van der Waals surface area (Å²) in [6.45, 7) is 2.67. The lowest BCUT2D eigenvalue weighted by Crippen LogP contribution is -2.31. The average molecular weight is 181 g/mol. The Morgan fingerprint density at radius 3 is 3.23 bits per heavy atom. The molecule has 2 nitrogen and oxygen atoms in total. The predicted molar refractivity (Wildman–Crippen MR) is 49.6 cm³/mol. The number of hydrogen-bond donors (Lipinski definition) is 1. The predicted octanol–water partition coefficient (Wildman–Crippen LogP) is 2.41. The minimum Gasteiger partial charge on any atom is -0.489 e. The molecule has 1 heterocycles. The summed E-state index contributed by atoms with van der Waals surface area (Å²) in [6.07, 6.45) is 0.938. The van der Waals surface area contributed by atoms with E-state index in [2.05, 4.69) is 5.32 Å². The normalized spacial score (nSPS) is 20.0. The molecule has 1 unspecified atom stereocenters. The lowest BCUT2D eigenvalue weighted by Gasteiger charge is -2.26. The van der Waals surface area contributed by atoms with Crippen molar-refractivity contribution in [1.29, 1.82) is 0 Å². The van der Waals surface area contributed by atoms with Crippen LogP contribution in [0.25, 0.3) is 0 Å². The number of fused-ring (bicyclic) bond motifs is 1. The van der Waals surface area contributed by atoms with Crippen LogP contribution in [0.15, 0.2) is 18.2 Å². The number of anilines is 1. The number of rotatable bonds is 1. The first-order valence-corrected chi connectivity index (χ1v) is 4.49. The van der Waals surface area contributed by atoms with Crippen molar-refractivity contribution in [2.75, 3.05) is 11.9 Å². The fourth-order valence-corrected chi connectivity index (χ4v) is 1.42. The van der Waals surface area contributed by atoms with Crippen molar-refractivity contribution in [3.05, 3.63) is 24.0 Å². The second-order valence-corrected chi connectivity index (χ2v) is 3.17. The van der Waals surface area contributed by atoms with Crippen molar-refractivity contribution in [1.82, 2.24) is 0 Å². The minimum absolute atomic E-state index is 0.226. The van der Waals surface area contributed by atoms with Gasteiger partial charge in [-0.1, -0.05) is 13.0 Å². The molecule has 0 radical (unpaired) electrons. The Morgan fingerprint density at radius 2 is 2.46 bits per heavy atom. The second-order valence-electron chi connectivity index (χ2n) is 3.17. The van der Waals surface area contributed by atoms with Crippen LogP contribution in [-0.2, 0) is 0 Å². The van der Waals surface area contributed by atoms with Gasteiger partial charge in [0.2, 0.25) is 0 Å². The van der Waals surface area contributed by atoms with Gasteiger partial charge in [0.05, 0.1) is 6.04 Å². The van der Waals surface area contributed by atoms with Gasteiger partial charge in [-0.05, 0) is 18.6 Å². The molecule has 0 aromatic heterocycles. The van der Waals surface area contributed by atoms with E-state index in [0.29, 0.717) is 18.0 Å². The Bertz CT molecular complexity index is 314. The Hall–Kier alpha value is -1.25. The van der Waals surface area contributed by atoms with Gasteiger partial charge < -0.3 is 10.1 Å². The maximum Gasteiger partial charge on any atom is 0.150 e. The first-order chi connectivity index (χ1) is 6.31. The molecule has 1 aromatic carbocycles. The summed E-state index contributed by atoms with van der Waals surface area (Å²) < 4.78 is 18.6. The van der Waals surface area contributed by atoms with Gasteiger partial charge in [0.1, 0.15) is 23.9 Å². The Labute approximate surface area is 76.7 Å². The average Bonchev–Trinajstić information content (AvgIpc) is 2.18. The third-order valence-corrected chi connectivity index (χ3v) is 2.26. The fourth-order valence-electron chi connectivity index (χ4n) is 1.42. The van der Waals surface area contributed by atoms with Crippen LogP contribution >= 0.6 is 0 Å². The van der Waals surface area contributed by atoms with Crippen molar-refractivity contribution in [2.45, 2.75) is 19.4 Å². The van der Waals surface area contributed by atoms with Crippen LogP contribution < -0.4 is 10.1 Å². The zero-order valence-corrected chi connectivity index (χ0v) is 7.51. The smallest absolute Gasteiger partial charge is 0.150 e. The highest BCUT2D eigenvalue weighted by atomic mass is 19.1. The third kappa shape index (κ3) is 1.46. The molecule has 0 saturated heterocycles. The molecule has 1 aliphatic heterocycles. The van der Waals surface area contributed by atoms with Gasteiger partial charge in [-0.2, -0.15) is 0 Å². The van der Waals surface area contributed by atoms with Gasteiger partial charge in [-0.3, -0.25) is 0 Å². The molecule has 1 aromatic rings. The van der Waals surface area contributed by atoms with Gasteiger partial charge in [0, 0.05) is 0 Å². The molecular formula is C10H12FNO. The molecule has 13 heavy (non-hydrogen) atoms. The second kappa shape index (κ2) is 3.24. The summed E-state index contributed by atoms with van der Waals surface area (Å²) in [6, 6.07) is 5.09. The van der Waals surface area contributed by atoms with Gasteiger partial charge in [-0.25, -0.2) is 4.39 Å². The van der Waals surface area contributed by atoms with Crippen LogP contribution in [0.2, 0.25) is 0 Å². The Balaban J connectivity index is 2.32. The SMILES string of the molecule is CCC1COc2cccc(F)c2N1. The van der Waals surface area contributed by atoms with E-state index in [-0.39, 0.29) is 11.9 Å². The summed E-state index contributed by atoms with van der Waals surface area (Å²) in [5.74, 6) is 0.375. The zero-order chi connectivity index (χ0) is 9.26. The van der Waals surface area contributed by atoms with E-state index in [1.54, 1.807) is 12.1 Å². The van der Waals surface area contributed by atoms with Crippen LogP contribution in [0.4, 0.5) is 10.1 Å². The van der Waals surface area contributed by atoms with E-state index in [1.165, 1.54) is 6.07 Å². The van der Waals surface area contributed by atoms with Gasteiger partial charge in [0.25, 0.3) is 0 Å². The summed E-state index contributed by atoms with van der Waals surface area (Å²) in [4.78, 5) is 0. The van der Waals surface area contributed by atoms with E-state index >= 15 is 0 Å². The molecule has 0 spiro atoms. The van der Waals surface area contributed by atoms with Crippen LogP contribution in [0.5, 0.6) is 5.75 Å². The number of para-hydroxylation sites is 1. The maximum absolute atomic E-state index is 13.2. The quantitative estimate of drug-likeness (QED) is 0.718. The lowest BCUT2D eigenvalue weighted by molar-refractivity contribution is 0.279.